The van der Waals surface area contributed by atoms with E-state index in [-0.39, 0.29) is 22.2 Å². The van der Waals surface area contributed by atoms with E-state index in [4.69, 9.17) is 4.99 Å². The Balaban J connectivity index is 0.000000310. The van der Waals surface area contributed by atoms with Crippen molar-refractivity contribution >= 4 is 98.6 Å². The molecular weight excluding hydrogens is 982 g/mol. The zero-order valence-corrected chi connectivity index (χ0v) is 51.4. The minimum atomic E-state index is -1.55. The predicted molar refractivity (Wildman–Crippen MR) is 276 cm³/mol. The molecule has 0 spiro atoms. The van der Waals surface area contributed by atoms with E-state index in [1.165, 1.54) is 22.3 Å². The fraction of sp³-hybridized carbons (Fsp3) is 0.604. The van der Waals surface area contributed by atoms with Gasteiger partial charge in [-0.1, -0.05) is 0 Å². The molecule has 4 rings (SSSR count). The van der Waals surface area contributed by atoms with Gasteiger partial charge in [0.2, 0.25) is 0 Å². The Morgan fingerprint density at radius 1 is 0.517 bits per heavy atom. The molecule has 0 fully saturated rings. The summed E-state index contributed by atoms with van der Waals surface area (Å²) in [5, 5.41) is 1.54. The summed E-state index contributed by atoms with van der Waals surface area (Å²) in [6.45, 7) is 58.3. The number of fused-ring (bicyclic) bond motifs is 2. The Kier molecular flexibility index (Phi) is 16.1. The fourth-order valence-corrected chi connectivity index (χ4v) is 42.7. The van der Waals surface area contributed by atoms with Crippen LogP contribution >= 0.6 is 0 Å². The first-order valence-corrected chi connectivity index (χ1v) is 41.5. The van der Waals surface area contributed by atoms with Gasteiger partial charge in [0.25, 0.3) is 0 Å². The second kappa shape index (κ2) is 18.1. The first kappa shape index (κ1) is 51.5. The van der Waals surface area contributed by atoms with E-state index in [1.54, 1.807) is 16.5 Å². The molecule has 0 bridgehead atoms. The molecule has 4 nitrogen and oxygen atoms in total. The molecule has 58 heavy (non-hydrogen) atoms. The molecule has 0 amide bonds. The van der Waals surface area contributed by atoms with E-state index in [2.05, 4.69) is 242 Å². The zero-order chi connectivity index (χ0) is 44.8. The quantitative estimate of drug-likeness (QED) is 0.194. The van der Waals surface area contributed by atoms with Crippen molar-refractivity contribution in [2.75, 3.05) is 0 Å². The van der Waals surface area contributed by atoms with Crippen molar-refractivity contribution in [3.8, 4) is 0 Å². The van der Waals surface area contributed by atoms with Crippen LogP contribution in [0, 0.1) is 0 Å². The first-order valence-electron chi connectivity index (χ1n) is 21.7. The summed E-state index contributed by atoms with van der Waals surface area (Å²) >= 11 is -1.91. The van der Waals surface area contributed by atoms with E-state index in [9.17, 15) is 0 Å². The third kappa shape index (κ3) is 13.8. The molecule has 0 N–H and O–H groups in total. The van der Waals surface area contributed by atoms with E-state index in [0.717, 1.165) is 0 Å². The van der Waals surface area contributed by atoms with Gasteiger partial charge in [-0.3, -0.25) is 0 Å². The number of benzene rings is 2. The zero-order valence-electron chi connectivity index (χ0n) is 41.7. The molecule has 1 atom stereocenters. The summed E-state index contributed by atoms with van der Waals surface area (Å²) in [6, 6.07) is 18.1. The molecule has 321 valence electrons. The van der Waals surface area contributed by atoms with Gasteiger partial charge < -0.3 is 0 Å². The van der Waals surface area contributed by atoms with Gasteiger partial charge in [0.1, 0.15) is 0 Å². The van der Waals surface area contributed by atoms with Gasteiger partial charge in [0.15, 0.2) is 0 Å². The second-order valence-electron chi connectivity index (χ2n) is 24.5. The molecule has 0 saturated carbocycles. The van der Waals surface area contributed by atoms with E-state index < -0.39 is 75.1 Å². The average molecular weight is 1070 g/mol. The summed E-state index contributed by atoms with van der Waals surface area (Å²) in [5.74, 6) is 0. The van der Waals surface area contributed by atoms with E-state index >= 15 is 0 Å². The van der Waals surface area contributed by atoms with Gasteiger partial charge in [0, 0.05) is 0 Å². The van der Waals surface area contributed by atoms with E-state index in [0.29, 0.717) is 3.93 Å². The van der Waals surface area contributed by atoms with Crippen molar-refractivity contribution in [2.45, 2.75) is 188 Å². The van der Waals surface area contributed by atoms with Crippen LogP contribution in [0.25, 0.3) is 18.2 Å². The van der Waals surface area contributed by atoms with E-state index in [1.807, 2.05) is 0 Å². The summed E-state index contributed by atoms with van der Waals surface area (Å²) < 4.78 is 14.0. The number of hydrogen-bond donors (Lipinski definition) is 0. The van der Waals surface area contributed by atoms with Crippen LogP contribution in [0.5, 0.6) is 0 Å². The van der Waals surface area contributed by atoms with Crippen molar-refractivity contribution in [2.24, 2.45) is 4.99 Å². The Morgan fingerprint density at radius 3 is 1.21 bits per heavy atom. The standard InChI is InChI=1S/2C24H42N2Si2.2Sn/c1-23(2,3)25(27(7,8)9)19-17-21-15-13-14-16-22(21)18-20-26(24(4,5)6)28(10,11)12;1-23(2,3)25-22(27(7,8)9)19-21-16-14-13-15-20(21)17-18-26(24(4,5)6)28(10,11)12;;/h13-18H,1-12H3;13-17,19H,1-12H3;;/q;;;-1. The number of hydrogen-bond acceptors (Lipinski definition) is 4. The maximum atomic E-state index is 5.41. The van der Waals surface area contributed by atoms with Crippen molar-refractivity contribution in [1.29, 1.82) is 0 Å². The summed E-state index contributed by atoms with van der Waals surface area (Å²) in [5.41, 5.74) is 6.17. The Labute approximate surface area is 383 Å². The third-order valence-electron chi connectivity index (χ3n) is 9.97. The van der Waals surface area contributed by atoms with Crippen LogP contribution < -0.4 is 0 Å². The average Bonchev–Trinajstić information content (AvgIpc) is 3.13. The van der Waals surface area contributed by atoms with Crippen LogP contribution in [0.15, 0.2) is 64.7 Å². The van der Waals surface area contributed by atoms with Crippen LogP contribution in [-0.2, 0) is 0 Å². The van der Waals surface area contributed by atoms with Crippen LogP contribution in [0.2, 0.25) is 78.6 Å². The molecule has 2 heterocycles. The first-order chi connectivity index (χ1) is 25.8. The van der Waals surface area contributed by atoms with Crippen molar-refractivity contribution < 1.29 is 0 Å². The molecule has 2 aliphatic heterocycles. The number of rotatable bonds is 8. The molecule has 0 aliphatic carbocycles. The molecule has 0 saturated heterocycles. The van der Waals surface area contributed by atoms with Gasteiger partial charge in [-0.05, 0) is 0 Å². The normalized spacial score (nSPS) is 17.3. The van der Waals surface area contributed by atoms with Gasteiger partial charge in [-0.15, -0.1) is 0 Å². The molecule has 2 aliphatic rings. The van der Waals surface area contributed by atoms with Crippen LogP contribution in [0.1, 0.15) is 109 Å². The molecule has 3 radical (unpaired) electrons. The van der Waals surface area contributed by atoms with Gasteiger partial charge in [0.05, 0.1) is 0 Å². The molecule has 10 heteroatoms. The minimum absolute atomic E-state index is 0.0200. The Hall–Kier alpha value is -0.805. The molecule has 0 aromatic heterocycles. The monoisotopic (exact) mass is 1070 g/mol. The number of nitrogens with zero attached hydrogens (tertiary/aromatic N) is 4. The van der Waals surface area contributed by atoms with Crippen molar-refractivity contribution in [3.63, 3.8) is 0 Å². The fourth-order valence-electron chi connectivity index (χ4n) is 9.39. The summed E-state index contributed by atoms with van der Waals surface area (Å²) in [6.07, 6.45) is 7.62. The predicted octanol–water partition coefficient (Wildman–Crippen LogP) is 13.7. The van der Waals surface area contributed by atoms with Gasteiger partial charge in [-0.2, -0.15) is 0 Å². The van der Waals surface area contributed by atoms with Crippen molar-refractivity contribution in [3.05, 3.63) is 81.9 Å². The Bertz CT molecular complexity index is 1770. The maximum absolute atomic E-state index is 5.41. The molecular formula is C48H84N4Si4Sn2-. The van der Waals surface area contributed by atoms with Crippen LogP contribution in [0.4, 0.5) is 0 Å². The summed E-state index contributed by atoms with van der Waals surface area (Å²) in [4.78, 5) is 5.41. The molecule has 2 aromatic rings. The molecule has 1 unspecified atom stereocenters. The summed E-state index contributed by atoms with van der Waals surface area (Å²) in [7, 11) is -6.13. The topological polar surface area (TPSA) is 22.1 Å². The van der Waals surface area contributed by atoms with Gasteiger partial charge in [-0.25, -0.2) is 0 Å². The Morgan fingerprint density at radius 2 is 0.879 bits per heavy atom. The number of aliphatic imine (C=N–C) groups is 1. The van der Waals surface area contributed by atoms with Crippen molar-refractivity contribution in [1.82, 2.24) is 13.7 Å². The molecule has 2 aromatic carbocycles. The van der Waals surface area contributed by atoms with Gasteiger partial charge >= 0.3 is 387 Å². The SMILES string of the molecule is CC(C)(C)N([C]1=Cc2ccccc2C=[C](N(C(C)(C)C)[Si](C)(C)C)[Sn-]1)[Si](C)(C)C.CC(C)(C)N=C([CH]1[Sn][C](N(C(C)(C)C)[Si](C)(C)C)=Cc2ccccc21)[Si](C)(C)C. The van der Waals surface area contributed by atoms with Crippen LogP contribution in [0.3, 0.4) is 0 Å². The van der Waals surface area contributed by atoms with Crippen LogP contribution in [-0.4, -0.2) is 116 Å². The second-order valence-corrected chi connectivity index (χ2v) is 51.4. The third-order valence-corrected chi connectivity index (χ3v) is 29.4.